The minimum atomic E-state index is -0.265. The van der Waals surface area contributed by atoms with Crippen molar-refractivity contribution in [1.82, 2.24) is 9.13 Å². The van der Waals surface area contributed by atoms with Crippen molar-refractivity contribution in [1.29, 1.82) is 0 Å². The van der Waals surface area contributed by atoms with Gasteiger partial charge < -0.3 is 9.13 Å². The molecule has 4 rings (SSSR count). The van der Waals surface area contributed by atoms with Crippen LogP contribution in [-0.2, 0) is 17.8 Å². The van der Waals surface area contributed by atoms with Crippen molar-refractivity contribution in [3.63, 3.8) is 0 Å². The minimum absolute atomic E-state index is 0.171. The number of nitrogens with zero attached hydrogens (tertiary/aromatic N) is 2. The van der Waals surface area contributed by atoms with Crippen LogP contribution < -0.4 is 0 Å². The molecule has 0 saturated heterocycles. The van der Waals surface area contributed by atoms with Crippen LogP contribution >= 0.6 is 24.8 Å². The second-order valence-corrected chi connectivity index (χ2v) is 11.3. The van der Waals surface area contributed by atoms with Gasteiger partial charge in [0.15, 0.2) is 4.77 Å². The Morgan fingerprint density at radius 2 is 1.62 bits per heavy atom. The zero-order chi connectivity index (χ0) is 23.9. The first-order valence-electron chi connectivity index (χ1n) is 12.0. The van der Waals surface area contributed by atoms with Crippen LogP contribution in [0.3, 0.4) is 0 Å². The molecule has 1 unspecified atom stereocenters. The molecule has 1 aliphatic carbocycles. The van der Waals surface area contributed by atoms with Crippen molar-refractivity contribution in [2.45, 2.75) is 103 Å². The van der Waals surface area contributed by atoms with E-state index in [9.17, 15) is 4.39 Å². The molecule has 0 amide bonds. The largest absolute Gasteiger partial charge is 0.320 e. The Morgan fingerprint density at radius 1 is 1.12 bits per heavy atom. The van der Waals surface area contributed by atoms with Crippen LogP contribution in [0.4, 0.5) is 4.39 Å². The lowest BCUT2D eigenvalue weighted by Gasteiger charge is -2.24. The van der Waals surface area contributed by atoms with Crippen LogP contribution in [0.15, 0.2) is 36.4 Å². The zero-order valence-electron chi connectivity index (χ0n) is 20.6. The topological polar surface area (TPSA) is 9.86 Å². The number of thiol groups is 1. The Morgan fingerprint density at radius 3 is 2.03 bits per heavy atom. The maximum Gasteiger partial charge on any atom is 0.181 e. The molecule has 2 heterocycles. The van der Waals surface area contributed by atoms with Gasteiger partial charge in [0.2, 0.25) is 0 Å². The average Bonchev–Trinajstić information content (AvgIpc) is 3.24. The molecule has 0 radical (unpaired) electrons. The number of aromatic nitrogens is 2. The van der Waals surface area contributed by atoms with Gasteiger partial charge in [0.05, 0.1) is 4.87 Å². The maximum absolute atomic E-state index is 12.1. The number of allylic oxidation sites excluding steroid dienone is 1. The molecule has 1 atom stereocenters. The zero-order valence-corrected chi connectivity index (χ0v) is 22.3. The predicted molar refractivity (Wildman–Crippen MR) is 142 cm³/mol. The predicted octanol–water partition coefficient (Wildman–Crippen LogP) is 8.74. The highest BCUT2D eigenvalue weighted by Crippen LogP contribution is 2.37. The van der Waals surface area contributed by atoms with Gasteiger partial charge in [-0.25, -0.2) is 4.39 Å². The van der Waals surface area contributed by atoms with Crippen LogP contribution in [0.5, 0.6) is 0 Å². The molecule has 0 N–H and O–H groups in total. The summed E-state index contributed by atoms with van der Waals surface area (Å²) in [5.74, 6) is 0.411. The molecule has 5 heteroatoms. The summed E-state index contributed by atoms with van der Waals surface area (Å²) in [6.45, 7) is 15.6. The van der Waals surface area contributed by atoms with E-state index >= 15 is 0 Å². The number of hydrogen-bond donors (Lipinski definition) is 1. The number of benzene rings is 1. The molecule has 2 aromatic rings. The Balaban J connectivity index is 0.000000211. The maximum atomic E-state index is 12.1. The van der Waals surface area contributed by atoms with E-state index in [2.05, 4.69) is 43.4 Å². The highest BCUT2D eigenvalue weighted by atomic mass is 32.1. The fourth-order valence-electron chi connectivity index (χ4n) is 4.45. The molecule has 1 aliphatic heterocycles. The molecule has 1 fully saturated rings. The standard InChI is InChI=1S/C14H22N2S2.C7H7F.C6H12/c1-9(2)8-11-12-10(3)6-7-15(12)13(17)16(11)14(4,5)18;1-6-2-4-7(8)5-3-6;1-2-4-6-5-3-1/h10,18H,1,6-8H2,2-5H3;2-5H,1H3;1-6H2. The van der Waals surface area contributed by atoms with Crippen LogP contribution in [0.1, 0.15) is 95.5 Å². The van der Waals surface area contributed by atoms with E-state index in [0.717, 1.165) is 23.3 Å². The van der Waals surface area contributed by atoms with Crippen LogP contribution in [0.2, 0.25) is 0 Å². The van der Waals surface area contributed by atoms with Crippen LogP contribution in [0.25, 0.3) is 0 Å². The first-order chi connectivity index (χ1) is 15.0. The normalized spacial score (nSPS) is 17.5. The summed E-state index contributed by atoms with van der Waals surface area (Å²) in [4.78, 5) is -0.265. The molecule has 1 saturated carbocycles. The number of aryl methyl sites for hydroxylation is 1. The smallest absolute Gasteiger partial charge is 0.181 e. The van der Waals surface area contributed by atoms with Crippen molar-refractivity contribution in [3.05, 3.63) is 64.0 Å². The fourth-order valence-corrected chi connectivity index (χ4v) is 5.26. The van der Waals surface area contributed by atoms with E-state index in [0.29, 0.717) is 5.92 Å². The molecular weight excluding hydrogens is 435 g/mol. The first kappa shape index (κ1) is 26.9. The molecule has 178 valence electrons. The minimum Gasteiger partial charge on any atom is -0.320 e. The molecule has 32 heavy (non-hydrogen) atoms. The second-order valence-electron chi connectivity index (χ2n) is 9.84. The van der Waals surface area contributed by atoms with E-state index in [-0.39, 0.29) is 10.7 Å². The molecule has 2 aliphatic rings. The number of halogens is 1. The monoisotopic (exact) mass is 476 g/mol. The average molecular weight is 477 g/mol. The van der Waals surface area contributed by atoms with Gasteiger partial charge in [-0.15, -0.1) is 0 Å². The Hall–Kier alpha value is -1.33. The number of hydrogen-bond acceptors (Lipinski definition) is 2. The molecule has 0 spiro atoms. The Labute approximate surface area is 205 Å². The van der Waals surface area contributed by atoms with Gasteiger partial charge in [0.25, 0.3) is 0 Å². The lowest BCUT2D eigenvalue weighted by molar-refractivity contribution is 0.501. The molecule has 0 bridgehead atoms. The fraction of sp³-hybridized carbons (Fsp3) is 0.593. The third-order valence-corrected chi connectivity index (χ3v) is 6.66. The lowest BCUT2D eigenvalue weighted by Crippen LogP contribution is -2.22. The first-order valence-corrected chi connectivity index (χ1v) is 12.8. The molecule has 2 nitrogen and oxygen atoms in total. The second kappa shape index (κ2) is 12.2. The van der Waals surface area contributed by atoms with Gasteiger partial charge in [-0.3, -0.25) is 0 Å². The van der Waals surface area contributed by atoms with Crippen molar-refractivity contribution < 1.29 is 4.39 Å². The number of rotatable bonds is 3. The van der Waals surface area contributed by atoms with E-state index in [4.69, 9.17) is 24.8 Å². The van der Waals surface area contributed by atoms with Crippen molar-refractivity contribution >= 4 is 24.8 Å². The van der Waals surface area contributed by atoms with E-state index in [1.807, 2.05) is 6.92 Å². The van der Waals surface area contributed by atoms with Crippen molar-refractivity contribution in [2.24, 2.45) is 0 Å². The summed E-state index contributed by atoms with van der Waals surface area (Å²) in [6.07, 6.45) is 11.1. The van der Waals surface area contributed by atoms with Crippen LogP contribution in [0, 0.1) is 17.5 Å². The van der Waals surface area contributed by atoms with Crippen molar-refractivity contribution in [2.75, 3.05) is 0 Å². The Bertz CT molecular complexity index is 896. The van der Waals surface area contributed by atoms with Crippen LogP contribution in [-0.4, -0.2) is 9.13 Å². The third-order valence-electron chi connectivity index (χ3n) is 6.06. The SMILES string of the molecule is C1CCCCC1.C=C(C)Cc1c2n(c(=S)n1C(C)(C)S)CCC2C.Cc1ccc(F)cc1. The van der Waals surface area contributed by atoms with Gasteiger partial charge >= 0.3 is 0 Å². The van der Waals surface area contributed by atoms with Gasteiger partial charge in [-0.2, -0.15) is 12.6 Å². The molecule has 1 aromatic heterocycles. The summed E-state index contributed by atoms with van der Waals surface area (Å²) in [5.41, 5.74) is 4.96. The number of fused-ring (bicyclic) bond motifs is 1. The summed E-state index contributed by atoms with van der Waals surface area (Å²) < 4.78 is 17.5. The summed E-state index contributed by atoms with van der Waals surface area (Å²) in [7, 11) is 0. The van der Waals surface area contributed by atoms with Gasteiger partial charge in [0, 0.05) is 24.4 Å². The number of imidazole rings is 1. The van der Waals surface area contributed by atoms with E-state index in [1.165, 1.54) is 74.0 Å². The summed E-state index contributed by atoms with van der Waals surface area (Å²) >= 11 is 10.4. The lowest BCUT2D eigenvalue weighted by atomic mass is 10.0. The van der Waals surface area contributed by atoms with Gasteiger partial charge in [-0.1, -0.05) is 75.3 Å². The highest BCUT2D eigenvalue weighted by Gasteiger charge is 2.31. The molecular formula is C27H41FN2S2. The quantitative estimate of drug-likeness (QED) is 0.265. The molecule has 1 aromatic carbocycles. The summed E-state index contributed by atoms with van der Waals surface area (Å²) in [5, 5.41) is 0. The van der Waals surface area contributed by atoms with Gasteiger partial charge in [-0.05, 0) is 64.4 Å². The van der Waals surface area contributed by atoms with Gasteiger partial charge in [0.1, 0.15) is 5.82 Å². The highest BCUT2D eigenvalue weighted by molar-refractivity contribution is 7.81. The van der Waals surface area contributed by atoms with E-state index < -0.39 is 0 Å². The summed E-state index contributed by atoms with van der Waals surface area (Å²) in [6, 6.07) is 6.40. The Kier molecular flexibility index (Phi) is 10.3. The van der Waals surface area contributed by atoms with E-state index in [1.54, 1.807) is 12.1 Å². The van der Waals surface area contributed by atoms with Crippen molar-refractivity contribution in [3.8, 4) is 0 Å². The third kappa shape index (κ3) is 7.62.